The molecule has 0 amide bonds. The van der Waals surface area contributed by atoms with Gasteiger partial charge in [-0.25, -0.2) is 4.98 Å². The fraction of sp³-hybridized carbons (Fsp3) is 0.0909. The Morgan fingerprint density at radius 2 is 1.65 bits per heavy atom. The standard InChI is InChI=1S/C22H19N3S/c1-15(19-13-12-17-8-6-7-11-20(17)14-19)24-25-22-23-21(16(2)26-22)18-9-4-3-5-10-18/h3-14H,1-2H3,(H,23,25)/b24-15+. The molecule has 1 heterocycles. The van der Waals surface area contributed by atoms with E-state index in [-0.39, 0.29) is 0 Å². The van der Waals surface area contributed by atoms with Gasteiger partial charge in [0.05, 0.1) is 11.4 Å². The maximum Gasteiger partial charge on any atom is 0.204 e. The predicted molar refractivity (Wildman–Crippen MR) is 112 cm³/mol. The highest BCUT2D eigenvalue weighted by Gasteiger charge is 2.09. The minimum Gasteiger partial charge on any atom is -0.252 e. The predicted octanol–water partition coefficient (Wildman–Crippen LogP) is 6.11. The second kappa shape index (κ2) is 7.10. The van der Waals surface area contributed by atoms with Crippen LogP contribution in [0.5, 0.6) is 0 Å². The van der Waals surface area contributed by atoms with E-state index in [1.807, 2.05) is 25.1 Å². The van der Waals surface area contributed by atoms with Crippen LogP contribution < -0.4 is 5.43 Å². The molecular weight excluding hydrogens is 338 g/mol. The van der Waals surface area contributed by atoms with Gasteiger partial charge in [-0.05, 0) is 36.2 Å². The summed E-state index contributed by atoms with van der Waals surface area (Å²) in [6, 6.07) is 25.0. The topological polar surface area (TPSA) is 37.3 Å². The van der Waals surface area contributed by atoms with Gasteiger partial charge in [0.15, 0.2) is 0 Å². The molecule has 0 aliphatic carbocycles. The lowest BCUT2D eigenvalue weighted by molar-refractivity contribution is 1.27. The number of hydrazone groups is 1. The Balaban J connectivity index is 1.57. The van der Waals surface area contributed by atoms with E-state index in [2.05, 4.69) is 72.0 Å². The lowest BCUT2D eigenvalue weighted by Gasteiger charge is -2.04. The Hall–Kier alpha value is -2.98. The Morgan fingerprint density at radius 3 is 2.46 bits per heavy atom. The summed E-state index contributed by atoms with van der Waals surface area (Å²) >= 11 is 1.62. The van der Waals surface area contributed by atoms with Crippen LogP contribution in [0.1, 0.15) is 17.4 Å². The molecule has 3 nitrogen and oxygen atoms in total. The number of aromatic nitrogens is 1. The maximum absolute atomic E-state index is 4.70. The molecule has 0 atom stereocenters. The number of anilines is 1. The summed E-state index contributed by atoms with van der Waals surface area (Å²) in [5.41, 5.74) is 7.30. The van der Waals surface area contributed by atoms with Gasteiger partial charge in [0.25, 0.3) is 0 Å². The molecule has 0 aliphatic heterocycles. The number of nitrogens with zero attached hydrogens (tertiary/aromatic N) is 2. The molecule has 0 fully saturated rings. The highest BCUT2D eigenvalue weighted by atomic mass is 32.1. The fourth-order valence-electron chi connectivity index (χ4n) is 2.92. The number of rotatable bonds is 4. The summed E-state index contributed by atoms with van der Waals surface area (Å²) < 4.78 is 0. The van der Waals surface area contributed by atoms with Gasteiger partial charge in [-0.1, -0.05) is 66.7 Å². The van der Waals surface area contributed by atoms with Gasteiger partial charge in [-0.3, -0.25) is 5.43 Å². The van der Waals surface area contributed by atoms with Gasteiger partial charge in [0.1, 0.15) is 0 Å². The van der Waals surface area contributed by atoms with Gasteiger partial charge >= 0.3 is 0 Å². The van der Waals surface area contributed by atoms with Crippen LogP contribution in [0.3, 0.4) is 0 Å². The van der Waals surface area contributed by atoms with Crippen LogP contribution in [-0.4, -0.2) is 10.7 Å². The first-order valence-corrected chi connectivity index (χ1v) is 9.35. The third-order valence-electron chi connectivity index (χ3n) is 4.33. The van der Waals surface area contributed by atoms with Crippen molar-refractivity contribution in [3.05, 3.63) is 83.2 Å². The Labute approximate surface area is 157 Å². The minimum absolute atomic E-state index is 0.807. The normalized spacial score (nSPS) is 11.7. The third-order valence-corrected chi connectivity index (χ3v) is 5.21. The molecule has 0 saturated heterocycles. The number of aryl methyl sites for hydroxylation is 1. The lowest BCUT2D eigenvalue weighted by Crippen LogP contribution is -1.99. The monoisotopic (exact) mass is 357 g/mol. The third kappa shape index (κ3) is 3.37. The molecule has 0 unspecified atom stereocenters. The van der Waals surface area contributed by atoms with Crippen molar-refractivity contribution in [1.29, 1.82) is 0 Å². The summed E-state index contributed by atoms with van der Waals surface area (Å²) in [5.74, 6) is 0. The molecule has 128 valence electrons. The van der Waals surface area contributed by atoms with E-state index in [4.69, 9.17) is 4.98 Å². The quantitative estimate of drug-likeness (QED) is 0.353. The summed E-state index contributed by atoms with van der Waals surface area (Å²) in [6.07, 6.45) is 0. The second-order valence-corrected chi connectivity index (χ2v) is 7.36. The summed E-state index contributed by atoms with van der Waals surface area (Å²) in [5, 5.41) is 7.80. The van der Waals surface area contributed by atoms with Crippen LogP contribution in [0.4, 0.5) is 5.13 Å². The zero-order chi connectivity index (χ0) is 17.9. The Kier molecular flexibility index (Phi) is 4.50. The smallest absolute Gasteiger partial charge is 0.204 e. The number of nitrogens with one attached hydrogen (secondary N) is 1. The van der Waals surface area contributed by atoms with Crippen molar-refractivity contribution in [2.75, 3.05) is 5.43 Å². The number of hydrogen-bond donors (Lipinski definition) is 1. The molecule has 0 spiro atoms. The van der Waals surface area contributed by atoms with Gasteiger partial charge in [-0.15, -0.1) is 11.3 Å². The molecule has 0 bridgehead atoms. The summed E-state index contributed by atoms with van der Waals surface area (Å²) in [6.45, 7) is 4.10. The van der Waals surface area contributed by atoms with Crippen molar-refractivity contribution in [2.24, 2.45) is 5.10 Å². The van der Waals surface area contributed by atoms with Crippen molar-refractivity contribution < 1.29 is 0 Å². The van der Waals surface area contributed by atoms with E-state index in [0.29, 0.717) is 0 Å². The molecule has 4 aromatic rings. The summed E-state index contributed by atoms with van der Waals surface area (Å²) in [7, 11) is 0. The zero-order valence-corrected chi connectivity index (χ0v) is 15.5. The largest absolute Gasteiger partial charge is 0.252 e. The fourth-order valence-corrected chi connectivity index (χ4v) is 3.70. The lowest BCUT2D eigenvalue weighted by atomic mass is 10.0. The van der Waals surface area contributed by atoms with Crippen molar-refractivity contribution in [2.45, 2.75) is 13.8 Å². The highest BCUT2D eigenvalue weighted by Crippen LogP contribution is 2.30. The SMILES string of the molecule is C/C(=N\Nc1nc(-c2ccccc2)c(C)s1)c1ccc2ccccc2c1. The number of benzene rings is 3. The van der Waals surface area contributed by atoms with Crippen molar-refractivity contribution in [3.63, 3.8) is 0 Å². The molecule has 4 rings (SSSR count). The van der Waals surface area contributed by atoms with Crippen LogP contribution >= 0.6 is 11.3 Å². The maximum atomic E-state index is 4.70. The average molecular weight is 357 g/mol. The summed E-state index contributed by atoms with van der Waals surface area (Å²) in [4.78, 5) is 5.87. The van der Waals surface area contributed by atoms with Crippen LogP contribution in [0.2, 0.25) is 0 Å². The van der Waals surface area contributed by atoms with Crippen molar-refractivity contribution in [3.8, 4) is 11.3 Å². The average Bonchev–Trinajstić information content (AvgIpc) is 3.07. The molecule has 3 aromatic carbocycles. The first kappa shape index (κ1) is 16.5. The molecule has 0 aliphatic rings. The van der Waals surface area contributed by atoms with E-state index in [0.717, 1.165) is 27.7 Å². The zero-order valence-electron chi connectivity index (χ0n) is 14.7. The van der Waals surface area contributed by atoms with Gasteiger partial charge in [-0.2, -0.15) is 5.10 Å². The van der Waals surface area contributed by atoms with Crippen LogP contribution in [-0.2, 0) is 0 Å². The first-order chi connectivity index (χ1) is 12.7. The Morgan fingerprint density at radius 1 is 0.923 bits per heavy atom. The minimum atomic E-state index is 0.807. The molecule has 1 N–H and O–H groups in total. The highest BCUT2D eigenvalue weighted by molar-refractivity contribution is 7.16. The van der Waals surface area contributed by atoms with Gasteiger partial charge < -0.3 is 0 Å². The number of fused-ring (bicyclic) bond motifs is 1. The molecule has 0 saturated carbocycles. The Bertz CT molecular complexity index is 1080. The molecule has 26 heavy (non-hydrogen) atoms. The second-order valence-electron chi connectivity index (χ2n) is 6.16. The van der Waals surface area contributed by atoms with Crippen LogP contribution in [0.25, 0.3) is 22.0 Å². The van der Waals surface area contributed by atoms with Gasteiger partial charge in [0, 0.05) is 10.4 Å². The number of thiazole rings is 1. The molecule has 4 heteroatoms. The number of hydrogen-bond acceptors (Lipinski definition) is 4. The van der Waals surface area contributed by atoms with Crippen molar-refractivity contribution >= 4 is 33.0 Å². The molecular formula is C22H19N3S. The van der Waals surface area contributed by atoms with E-state index < -0.39 is 0 Å². The van der Waals surface area contributed by atoms with E-state index in [9.17, 15) is 0 Å². The van der Waals surface area contributed by atoms with Crippen LogP contribution in [0.15, 0.2) is 77.9 Å². The molecule has 1 aromatic heterocycles. The van der Waals surface area contributed by atoms with E-state index in [1.54, 1.807) is 11.3 Å². The van der Waals surface area contributed by atoms with E-state index in [1.165, 1.54) is 15.6 Å². The van der Waals surface area contributed by atoms with E-state index >= 15 is 0 Å². The van der Waals surface area contributed by atoms with Crippen molar-refractivity contribution in [1.82, 2.24) is 4.98 Å². The molecule has 0 radical (unpaired) electrons. The van der Waals surface area contributed by atoms with Gasteiger partial charge in [0.2, 0.25) is 5.13 Å². The first-order valence-electron chi connectivity index (χ1n) is 8.53. The van der Waals surface area contributed by atoms with Crippen LogP contribution in [0, 0.1) is 6.92 Å².